The molecule has 2 N–H and O–H groups in total. The first-order chi connectivity index (χ1) is 12.0. The molecule has 25 heavy (non-hydrogen) atoms. The average Bonchev–Trinajstić information content (AvgIpc) is 2.62. The molecule has 1 amide bonds. The van der Waals surface area contributed by atoms with Crippen LogP contribution in [0.2, 0.25) is 5.02 Å². The number of aromatic nitrogens is 1. The van der Waals surface area contributed by atoms with E-state index in [-0.39, 0.29) is 11.4 Å². The van der Waals surface area contributed by atoms with Gasteiger partial charge >= 0.3 is 0 Å². The average molecular weight is 359 g/mol. The van der Waals surface area contributed by atoms with Crippen molar-refractivity contribution >= 4 is 34.1 Å². The molecule has 0 fully saturated rings. The Labute approximate surface area is 149 Å². The number of hydrogen-bond acceptors (Lipinski definition) is 5. The third kappa shape index (κ3) is 3.29. The zero-order chi connectivity index (χ0) is 18.0. The molecule has 0 aliphatic heterocycles. The summed E-state index contributed by atoms with van der Waals surface area (Å²) in [5.41, 5.74) is 0.898. The molecule has 0 saturated heterocycles. The fourth-order valence-electron chi connectivity index (χ4n) is 2.40. The lowest BCUT2D eigenvalue weighted by atomic mass is 10.2. The summed E-state index contributed by atoms with van der Waals surface area (Å²) in [6, 6.07) is 11.4. The number of nitrogens with zero attached hydrogens (tertiary/aromatic N) is 1. The van der Waals surface area contributed by atoms with Crippen molar-refractivity contribution in [2.45, 2.75) is 0 Å². The van der Waals surface area contributed by atoms with E-state index < -0.39 is 5.91 Å². The van der Waals surface area contributed by atoms with Crippen LogP contribution in [-0.2, 0) is 0 Å². The largest absolute Gasteiger partial charge is 0.506 e. The van der Waals surface area contributed by atoms with E-state index >= 15 is 0 Å². The van der Waals surface area contributed by atoms with Crippen LogP contribution >= 0.6 is 11.6 Å². The van der Waals surface area contributed by atoms with Crippen LogP contribution in [0.1, 0.15) is 10.5 Å². The predicted molar refractivity (Wildman–Crippen MR) is 95.9 cm³/mol. The van der Waals surface area contributed by atoms with Crippen LogP contribution < -0.4 is 14.8 Å². The van der Waals surface area contributed by atoms with Crippen LogP contribution in [0.5, 0.6) is 17.2 Å². The van der Waals surface area contributed by atoms with Crippen molar-refractivity contribution < 1.29 is 19.4 Å². The maximum absolute atomic E-state index is 12.5. The summed E-state index contributed by atoms with van der Waals surface area (Å²) in [6.45, 7) is 0. The maximum atomic E-state index is 12.5. The summed E-state index contributed by atoms with van der Waals surface area (Å²) in [5, 5.41) is 13.7. The number of carbonyl (C=O) groups excluding carboxylic acids is 1. The highest BCUT2D eigenvalue weighted by Gasteiger charge is 2.15. The van der Waals surface area contributed by atoms with E-state index in [1.165, 1.54) is 26.4 Å². The molecular formula is C18H15ClN2O4. The van der Waals surface area contributed by atoms with Crippen molar-refractivity contribution in [3.05, 3.63) is 53.2 Å². The highest BCUT2D eigenvalue weighted by atomic mass is 35.5. The Morgan fingerprint density at radius 2 is 1.88 bits per heavy atom. The topological polar surface area (TPSA) is 80.7 Å². The fourth-order valence-corrected chi connectivity index (χ4v) is 2.64. The number of para-hydroxylation sites is 1. The van der Waals surface area contributed by atoms with E-state index in [9.17, 15) is 9.90 Å². The smallest absolute Gasteiger partial charge is 0.274 e. The molecule has 6 nitrogen and oxygen atoms in total. The molecule has 128 valence electrons. The summed E-state index contributed by atoms with van der Waals surface area (Å²) in [5.74, 6) is 0.394. The van der Waals surface area contributed by atoms with E-state index in [2.05, 4.69) is 10.3 Å². The minimum atomic E-state index is -0.454. The second-order valence-electron chi connectivity index (χ2n) is 5.19. The number of methoxy groups -OCH3 is 2. The second kappa shape index (κ2) is 6.86. The van der Waals surface area contributed by atoms with Crippen molar-refractivity contribution in [3.8, 4) is 17.2 Å². The number of phenolic OH excluding ortho intramolecular Hbond substituents is 1. The Bertz CT molecular complexity index is 959. The number of hydrogen-bond donors (Lipinski definition) is 2. The molecule has 1 heterocycles. The number of aromatic hydroxyl groups is 1. The molecular weight excluding hydrogens is 344 g/mol. The Morgan fingerprint density at radius 1 is 1.12 bits per heavy atom. The standard InChI is InChI=1S/C18H15ClN2O4/c1-24-15-9-16(25-2)13(8-11(15)19)21-18(23)12-7-6-10-4-3-5-14(22)17(10)20-12/h3-9,22H,1-2H3,(H,21,23). The molecule has 0 unspecified atom stereocenters. The van der Waals surface area contributed by atoms with Gasteiger partial charge in [-0.05, 0) is 18.2 Å². The number of rotatable bonds is 4. The lowest BCUT2D eigenvalue weighted by Gasteiger charge is -2.13. The molecule has 1 aromatic heterocycles. The van der Waals surface area contributed by atoms with Gasteiger partial charge in [-0.1, -0.05) is 29.8 Å². The van der Waals surface area contributed by atoms with E-state index in [0.29, 0.717) is 27.7 Å². The third-order valence-corrected chi connectivity index (χ3v) is 3.95. The Kier molecular flexibility index (Phi) is 4.63. The molecule has 0 aliphatic carbocycles. The number of pyridine rings is 1. The molecule has 3 rings (SSSR count). The van der Waals surface area contributed by atoms with E-state index in [1.54, 1.807) is 30.3 Å². The van der Waals surface area contributed by atoms with Crippen LogP contribution in [0.4, 0.5) is 5.69 Å². The number of benzene rings is 2. The van der Waals surface area contributed by atoms with Gasteiger partial charge in [0.1, 0.15) is 28.5 Å². The SMILES string of the molecule is COc1cc(OC)c(NC(=O)c2ccc3cccc(O)c3n2)cc1Cl. The fraction of sp³-hybridized carbons (Fsp3) is 0.111. The number of nitrogens with one attached hydrogen (secondary N) is 1. The lowest BCUT2D eigenvalue weighted by Crippen LogP contribution is -2.14. The Morgan fingerprint density at radius 3 is 2.60 bits per heavy atom. The molecule has 0 saturated carbocycles. The van der Waals surface area contributed by atoms with Crippen LogP contribution in [-0.4, -0.2) is 30.2 Å². The second-order valence-corrected chi connectivity index (χ2v) is 5.59. The van der Waals surface area contributed by atoms with Gasteiger partial charge in [-0.2, -0.15) is 0 Å². The number of anilines is 1. The first kappa shape index (κ1) is 16.9. The molecule has 0 atom stereocenters. The summed E-state index contributed by atoms with van der Waals surface area (Å²) in [6.07, 6.45) is 0. The van der Waals surface area contributed by atoms with Gasteiger partial charge in [-0.3, -0.25) is 4.79 Å². The number of carbonyl (C=O) groups is 1. The maximum Gasteiger partial charge on any atom is 0.274 e. The van der Waals surface area contributed by atoms with E-state index in [4.69, 9.17) is 21.1 Å². The lowest BCUT2D eigenvalue weighted by molar-refractivity contribution is 0.102. The van der Waals surface area contributed by atoms with Gasteiger partial charge in [-0.25, -0.2) is 4.98 Å². The molecule has 0 bridgehead atoms. The number of ether oxygens (including phenoxy) is 2. The number of phenols is 1. The van der Waals surface area contributed by atoms with Gasteiger partial charge in [0.15, 0.2) is 0 Å². The highest BCUT2D eigenvalue weighted by Crippen LogP contribution is 2.36. The number of amides is 1. The summed E-state index contributed by atoms with van der Waals surface area (Å²) in [4.78, 5) is 16.7. The van der Waals surface area contributed by atoms with E-state index in [1.807, 2.05) is 0 Å². The van der Waals surface area contributed by atoms with Gasteiger partial charge in [-0.15, -0.1) is 0 Å². The summed E-state index contributed by atoms with van der Waals surface area (Å²) in [7, 11) is 2.97. The zero-order valence-electron chi connectivity index (χ0n) is 13.5. The van der Waals surface area contributed by atoms with Crippen molar-refractivity contribution in [2.24, 2.45) is 0 Å². The molecule has 7 heteroatoms. The minimum absolute atomic E-state index is 0.0113. The van der Waals surface area contributed by atoms with Gasteiger partial charge in [0, 0.05) is 11.5 Å². The molecule has 2 aromatic carbocycles. The van der Waals surface area contributed by atoms with Crippen LogP contribution in [0, 0.1) is 0 Å². The van der Waals surface area contributed by atoms with Gasteiger partial charge < -0.3 is 19.9 Å². The molecule has 0 spiro atoms. The van der Waals surface area contributed by atoms with Crippen LogP contribution in [0.15, 0.2) is 42.5 Å². The molecule has 3 aromatic rings. The monoisotopic (exact) mass is 358 g/mol. The Balaban J connectivity index is 1.95. The number of fused-ring (bicyclic) bond motifs is 1. The molecule has 0 aliphatic rings. The Hall–Kier alpha value is -2.99. The normalized spacial score (nSPS) is 10.5. The van der Waals surface area contributed by atoms with Crippen molar-refractivity contribution in [1.82, 2.24) is 4.98 Å². The van der Waals surface area contributed by atoms with Crippen molar-refractivity contribution in [2.75, 3.05) is 19.5 Å². The van der Waals surface area contributed by atoms with Gasteiger partial charge in [0.05, 0.1) is 24.9 Å². The first-order valence-corrected chi connectivity index (χ1v) is 7.73. The van der Waals surface area contributed by atoms with Crippen molar-refractivity contribution in [3.63, 3.8) is 0 Å². The van der Waals surface area contributed by atoms with Gasteiger partial charge in [0.2, 0.25) is 0 Å². The highest BCUT2D eigenvalue weighted by molar-refractivity contribution is 6.32. The first-order valence-electron chi connectivity index (χ1n) is 7.35. The summed E-state index contributed by atoms with van der Waals surface area (Å²) >= 11 is 6.11. The zero-order valence-corrected chi connectivity index (χ0v) is 14.3. The number of halogens is 1. The molecule has 0 radical (unpaired) electrons. The van der Waals surface area contributed by atoms with E-state index in [0.717, 1.165) is 5.39 Å². The van der Waals surface area contributed by atoms with Gasteiger partial charge in [0.25, 0.3) is 5.91 Å². The third-order valence-electron chi connectivity index (χ3n) is 3.65. The summed E-state index contributed by atoms with van der Waals surface area (Å²) < 4.78 is 10.4. The van der Waals surface area contributed by atoms with Crippen LogP contribution in [0.3, 0.4) is 0 Å². The quantitative estimate of drug-likeness (QED) is 0.740. The van der Waals surface area contributed by atoms with Crippen molar-refractivity contribution in [1.29, 1.82) is 0 Å². The van der Waals surface area contributed by atoms with Crippen LogP contribution in [0.25, 0.3) is 10.9 Å². The predicted octanol–water partition coefficient (Wildman–Crippen LogP) is 3.86. The minimum Gasteiger partial charge on any atom is -0.506 e.